The molecule has 2 aromatic rings. The van der Waals surface area contributed by atoms with E-state index in [4.69, 9.17) is 10.00 Å². The normalized spacial score (nSPS) is 9.95. The zero-order valence-electron chi connectivity index (χ0n) is 10.6. The van der Waals surface area contributed by atoms with Gasteiger partial charge in [0.15, 0.2) is 0 Å². The van der Waals surface area contributed by atoms with Crippen LogP contribution in [0.25, 0.3) is 0 Å². The molecule has 2 rings (SSSR count). The number of hydrogen-bond acceptors (Lipinski definition) is 3. The molecule has 0 spiro atoms. The van der Waals surface area contributed by atoms with Crippen LogP contribution in [0.4, 0.5) is 0 Å². The van der Waals surface area contributed by atoms with Crippen molar-refractivity contribution in [1.29, 1.82) is 5.26 Å². The van der Waals surface area contributed by atoms with Crippen molar-refractivity contribution in [2.75, 3.05) is 0 Å². The van der Waals surface area contributed by atoms with Gasteiger partial charge in [-0.2, -0.15) is 5.26 Å². The molecule has 1 heterocycles. The molecule has 19 heavy (non-hydrogen) atoms. The van der Waals surface area contributed by atoms with E-state index >= 15 is 0 Å². The Kier molecular flexibility index (Phi) is 4.53. The molecule has 0 N–H and O–H groups in total. The van der Waals surface area contributed by atoms with Crippen molar-refractivity contribution < 1.29 is 4.74 Å². The molecule has 1 aromatic heterocycles. The topological polar surface area (TPSA) is 45.9 Å². The summed E-state index contributed by atoms with van der Waals surface area (Å²) in [5, 5.41) is 8.80. The van der Waals surface area contributed by atoms with Gasteiger partial charge in [0.2, 0.25) is 0 Å². The highest BCUT2D eigenvalue weighted by atomic mass is 79.9. The SMILES string of the molecule is Cc1ccc(OCc2ccc(Br)cc2)c(CC#N)n1. The number of aryl methyl sites for hydroxylation is 1. The molecular weight excluding hydrogens is 304 g/mol. The first-order chi connectivity index (χ1) is 9.19. The summed E-state index contributed by atoms with van der Waals surface area (Å²) in [6.45, 7) is 2.37. The van der Waals surface area contributed by atoms with E-state index in [9.17, 15) is 0 Å². The average Bonchev–Trinajstić information content (AvgIpc) is 2.40. The summed E-state index contributed by atoms with van der Waals surface area (Å²) in [5.74, 6) is 0.676. The highest BCUT2D eigenvalue weighted by Gasteiger charge is 2.06. The Balaban J connectivity index is 2.11. The maximum atomic E-state index is 8.80. The van der Waals surface area contributed by atoms with Crippen molar-refractivity contribution in [3.05, 3.63) is 57.8 Å². The first-order valence-electron chi connectivity index (χ1n) is 5.90. The smallest absolute Gasteiger partial charge is 0.142 e. The molecule has 0 atom stereocenters. The molecule has 0 aliphatic heterocycles. The van der Waals surface area contributed by atoms with Gasteiger partial charge in [-0.3, -0.25) is 4.98 Å². The Morgan fingerprint density at radius 2 is 1.95 bits per heavy atom. The molecule has 0 aliphatic carbocycles. The van der Waals surface area contributed by atoms with Crippen molar-refractivity contribution in [3.8, 4) is 11.8 Å². The van der Waals surface area contributed by atoms with Crippen LogP contribution in [0.1, 0.15) is 17.0 Å². The van der Waals surface area contributed by atoms with Crippen molar-refractivity contribution in [3.63, 3.8) is 0 Å². The third kappa shape index (κ3) is 3.80. The minimum atomic E-state index is 0.261. The Hall–Kier alpha value is -1.86. The Morgan fingerprint density at radius 3 is 2.63 bits per heavy atom. The van der Waals surface area contributed by atoms with Gasteiger partial charge >= 0.3 is 0 Å². The lowest BCUT2D eigenvalue weighted by molar-refractivity contribution is 0.302. The van der Waals surface area contributed by atoms with Crippen molar-refractivity contribution in [2.24, 2.45) is 0 Å². The number of hydrogen-bond donors (Lipinski definition) is 0. The molecule has 0 amide bonds. The highest BCUT2D eigenvalue weighted by Crippen LogP contribution is 2.19. The molecule has 0 fully saturated rings. The predicted molar refractivity (Wildman–Crippen MR) is 76.8 cm³/mol. The fourth-order valence-corrected chi connectivity index (χ4v) is 1.94. The first kappa shape index (κ1) is 13.6. The van der Waals surface area contributed by atoms with Gasteiger partial charge in [0, 0.05) is 10.2 Å². The molecule has 1 aromatic carbocycles. The van der Waals surface area contributed by atoms with Gasteiger partial charge in [-0.25, -0.2) is 0 Å². The Labute approximate surface area is 121 Å². The van der Waals surface area contributed by atoms with E-state index in [0.717, 1.165) is 15.7 Å². The van der Waals surface area contributed by atoms with Gasteiger partial charge in [-0.05, 0) is 36.8 Å². The third-order valence-electron chi connectivity index (χ3n) is 2.63. The van der Waals surface area contributed by atoms with Gasteiger partial charge in [-0.1, -0.05) is 28.1 Å². The number of nitriles is 1. The lowest BCUT2D eigenvalue weighted by Crippen LogP contribution is -2.01. The highest BCUT2D eigenvalue weighted by molar-refractivity contribution is 9.10. The van der Waals surface area contributed by atoms with E-state index in [1.54, 1.807) is 0 Å². The van der Waals surface area contributed by atoms with Crippen LogP contribution in [0.3, 0.4) is 0 Å². The molecule has 0 aliphatic rings. The number of rotatable bonds is 4. The van der Waals surface area contributed by atoms with Crippen LogP contribution >= 0.6 is 15.9 Å². The lowest BCUT2D eigenvalue weighted by Gasteiger charge is -2.10. The van der Waals surface area contributed by atoms with E-state index in [2.05, 4.69) is 27.0 Å². The quantitative estimate of drug-likeness (QED) is 0.862. The minimum Gasteiger partial charge on any atom is -0.487 e. The van der Waals surface area contributed by atoms with E-state index in [1.165, 1.54) is 0 Å². The summed E-state index contributed by atoms with van der Waals surface area (Å²) >= 11 is 3.39. The van der Waals surface area contributed by atoms with Gasteiger partial charge < -0.3 is 4.74 Å². The van der Waals surface area contributed by atoms with Crippen molar-refractivity contribution >= 4 is 15.9 Å². The summed E-state index contributed by atoms with van der Waals surface area (Å²) in [6.07, 6.45) is 0.261. The minimum absolute atomic E-state index is 0.261. The second-order valence-electron chi connectivity index (χ2n) is 4.15. The maximum absolute atomic E-state index is 8.80. The molecule has 3 nitrogen and oxygen atoms in total. The van der Waals surface area contributed by atoms with E-state index in [1.807, 2.05) is 43.3 Å². The first-order valence-corrected chi connectivity index (χ1v) is 6.69. The van der Waals surface area contributed by atoms with Gasteiger partial charge in [0.25, 0.3) is 0 Å². The average molecular weight is 317 g/mol. The number of halogens is 1. The molecule has 0 unspecified atom stereocenters. The van der Waals surface area contributed by atoms with Crippen LogP contribution in [0.2, 0.25) is 0 Å². The molecule has 0 radical (unpaired) electrons. The summed E-state index contributed by atoms with van der Waals surface area (Å²) in [4.78, 5) is 4.33. The van der Waals surface area contributed by atoms with Crippen LogP contribution in [0, 0.1) is 18.3 Å². The number of aromatic nitrogens is 1. The summed E-state index contributed by atoms with van der Waals surface area (Å²) in [7, 11) is 0. The molecule has 0 saturated carbocycles. The van der Waals surface area contributed by atoms with Crippen LogP contribution in [0.15, 0.2) is 40.9 Å². The van der Waals surface area contributed by atoms with Gasteiger partial charge in [0.05, 0.1) is 18.2 Å². The van der Waals surface area contributed by atoms with E-state index < -0.39 is 0 Å². The van der Waals surface area contributed by atoms with Gasteiger partial charge in [0.1, 0.15) is 12.4 Å². The molecule has 0 bridgehead atoms. The van der Waals surface area contributed by atoms with E-state index in [0.29, 0.717) is 18.1 Å². The van der Waals surface area contributed by atoms with Crippen LogP contribution in [-0.4, -0.2) is 4.98 Å². The zero-order valence-corrected chi connectivity index (χ0v) is 12.1. The van der Waals surface area contributed by atoms with Crippen molar-refractivity contribution in [1.82, 2.24) is 4.98 Å². The van der Waals surface area contributed by atoms with E-state index in [-0.39, 0.29) is 6.42 Å². The van der Waals surface area contributed by atoms with Crippen LogP contribution in [0.5, 0.6) is 5.75 Å². The number of benzene rings is 1. The standard InChI is InChI=1S/C15H13BrN2O/c1-11-2-7-15(14(18-11)8-9-17)19-10-12-3-5-13(16)6-4-12/h2-7H,8,10H2,1H3. The fourth-order valence-electron chi connectivity index (χ4n) is 1.67. The molecule has 96 valence electrons. The summed E-state index contributed by atoms with van der Waals surface area (Å²) in [6, 6.07) is 13.8. The Morgan fingerprint density at radius 1 is 1.21 bits per heavy atom. The second kappa shape index (κ2) is 6.35. The van der Waals surface area contributed by atoms with Crippen LogP contribution in [-0.2, 0) is 13.0 Å². The lowest BCUT2D eigenvalue weighted by atomic mass is 10.2. The monoisotopic (exact) mass is 316 g/mol. The maximum Gasteiger partial charge on any atom is 0.142 e. The molecule has 0 saturated heterocycles. The zero-order chi connectivity index (χ0) is 13.7. The molecule has 4 heteroatoms. The largest absolute Gasteiger partial charge is 0.487 e. The number of ether oxygens (including phenoxy) is 1. The number of nitrogens with zero attached hydrogens (tertiary/aromatic N) is 2. The second-order valence-corrected chi connectivity index (χ2v) is 5.06. The van der Waals surface area contributed by atoms with Gasteiger partial charge in [-0.15, -0.1) is 0 Å². The summed E-state index contributed by atoms with van der Waals surface area (Å²) in [5.41, 5.74) is 2.66. The van der Waals surface area contributed by atoms with Crippen LogP contribution < -0.4 is 4.74 Å². The fraction of sp³-hybridized carbons (Fsp3) is 0.200. The third-order valence-corrected chi connectivity index (χ3v) is 3.15. The number of pyridine rings is 1. The molecular formula is C15H13BrN2O. The summed E-state index contributed by atoms with van der Waals surface area (Å²) < 4.78 is 6.78. The van der Waals surface area contributed by atoms with Crippen molar-refractivity contribution in [2.45, 2.75) is 20.0 Å². The predicted octanol–water partition coefficient (Wildman–Crippen LogP) is 3.80. The Bertz CT molecular complexity index is 603.